The summed E-state index contributed by atoms with van der Waals surface area (Å²) in [5.74, 6) is 1.37. The molecule has 1 aliphatic rings. The Morgan fingerprint density at radius 1 is 1.00 bits per heavy atom. The summed E-state index contributed by atoms with van der Waals surface area (Å²) >= 11 is 0. The molecule has 0 aromatic heterocycles. The zero-order valence-corrected chi connectivity index (χ0v) is 18.7. The van der Waals surface area contributed by atoms with Gasteiger partial charge in [0.05, 0.1) is 6.54 Å². The van der Waals surface area contributed by atoms with E-state index in [2.05, 4.69) is 19.9 Å². The molecule has 0 saturated carbocycles. The third kappa shape index (κ3) is 9.41. The lowest BCUT2D eigenvalue weighted by Crippen LogP contribution is -2.48. The molecule has 1 heterocycles. The van der Waals surface area contributed by atoms with Gasteiger partial charge < -0.3 is 19.7 Å². The Balaban J connectivity index is 1.32. The van der Waals surface area contributed by atoms with Crippen molar-refractivity contribution in [3.8, 4) is 11.5 Å². The van der Waals surface area contributed by atoms with Gasteiger partial charge in [-0.3, -0.25) is 9.69 Å². The smallest absolute Gasteiger partial charge is 0.411 e. The van der Waals surface area contributed by atoms with Gasteiger partial charge in [-0.25, -0.2) is 0 Å². The van der Waals surface area contributed by atoms with Gasteiger partial charge in [-0.2, -0.15) is 13.2 Å². The number of amides is 1. The molecule has 1 N–H and O–H groups in total. The molecular formula is C24H30F3N3O3. The number of ether oxygens (including phenoxy) is 2. The lowest BCUT2D eigenvalue weighted by atomic mass is 10.2. The lowest BCUT2D eigenvalue weighted by molar-refractivity contribution is -0.174. The molecule has 33 heavy (non-hydrogen) atoms. The number of benzene rings is 2. The quantitative estimate of drug-likeness (QED) is 0.530. The summed E-state index contributed by atoms with van der Waals surface area (Å²) in [6, 6.07) is 15.0. The Bertz CT molecular complexity index is 883. The normalized spacial score (nSPS) is 15.4. The van der Waals surface area contributed by atoms with Crippen LogP contribution in [0.2, 0.25) is 0 Å². The molecule has 1 amide bonds. The molecule has 0 radical (unpaired) electrons. The molecular weight excluding hydrogens is 435 g/mol. The predicted molar refractivity (Wildman–Crippen MR) is 121 cm³/mol. The fraction of sp³-hybridized carbons (Fsp3) is 0.458. The minimum absolute atomic E-state index is 0.0867. The highest BCUT2D eigenvalue weighted by Crippen LogP contribution is 2.23. The Morgan fingerprint density at radius 3 is 2.36 bits per heavy atom. The highest BCUT2D eigenvalue weighted by Gasteiger charge is 2.27. The molecule has 180 valence electrons. The zero-order chi connectivity index (χ0) is 23.7. The van der Waals surface area contributed by atoms with Crippen molar-refractivity contribution >= 4 is 11.6 Å². The third-order valence-electron chi connectivity index (χ3n) is 5.22. The number of aryl methyl sites for hydroxylation is 1. The second-order valence-electron chi connectivity index (χ2n) is 8.13. The molecule has 0 spiro atoms. The minimum atomic E-state index is -4.27. The van der Waals surface area contributed by atoms with E-state index >= 15 is 0 Å². The van der Waals surface area contributed by atoms with E-state index in [4.69, 9.17) is 4.74 Å². The Hall–Kier alpha value is -2.62. The van der Waals surface area contributed by atoms with Gasteiger partial charge in [0, 0.05) is 45.0 Å². The number of halogens is 3. The van der Waals surface area contributed by atoms with Crippen LogP contribution in [-0.2, 0) is 9.53 Å². The van der Waals surface area contributed by atoms with Gasteiger partial charge in [-0.05, 0) is 55.3 Å². The van der Waals surface area contributed by atoms with Crippen LogP contribution in [0.5, 0.6) is 11.5 Å². The van der Waals surface area contributed by atoms with Gasteiger partial charge in [-0.1, -0.05) is 12.1 Å². The van der Waals surface area contributed by atoms with E-state index in [1.54, 1.807) is 0 Å². The monoisotopic (exact) mass is 465 g/mol. The van der Waals surface area contributed by atoms with E-state index in [0.717, 1.165) is 37.5 Å². The van der Waals surface area contributed by atoms with Gasteiger partial charge in [0.1, 0.15) is 18.1 Å². The van der Waals surface area contributed by atoms with Gasteiger partial charge in [0.2, 0.25) is 5.91 Å². The SMILES string of the molecule is Cc1cccc(Oc2ccc(NC(=O)CN3CCN(CCCOCC(F)(F)F)CC3)cc2)c1. The lowest BCUT2D eigenvalue weighted by Gasteiger charge is -2.34. The van der Waals surface area contributed by atoms with Crippen molar-refractivity contribution < 1.29 is 27.4 Å². The maximum Gasteiger partial charge on any atom is 0.411 e. The van der Waals surface area contributed by atoms with E-state index in [-0.39, 0.29) is 12.5 Å². The highest BCUT2D eigenvalue weighted by molar-refractivity contribution is 5.92. The van der Waals surface area contributed by atoms with Crippen molar-refractivity contribution in [1.82, 2.24) is 9.80 Å². The summed E-state index contributed by atoms with van der Waals surface area (Å²) in [4.78, 5) is 16.6. The van der Waals surface area contributed by atoms with E-state index in [9.17, 15) is 18.0 Å². The van der Waals surface area contributed by atoms with Crippen LogP contribution in [0.1, 0.15) is 12.0 Å². The number of rotatable bonds is 10. The summed E-state index contributed by atoms with van der Waals surface area (Å²) in [5, 5.41) is 2.90. The molecule has 1 aliphatic heterocycles. The number of nitrogens with zero attached hydrogens (tertiary/aromatic N) is 2. The van der Waals surface area contributed by atoms with Crippen LogP contribution in [-0.4, -0.2) is 74.4 Å². The molecule has 0 unspecified atom stereocenters. The van der Waals surface area contributed by atoms with Crippen LogP contribution in [0.4, 0.5) is 18.9 Å². The summed E-state index contributed by atoms with van der Waals surface area (Å²) in [7, 11) is 0. The second kappa shape index (κ2) is 12.0. The number of piperazine rings is 1. The largest absolute Gasteiger partial charge is 0.457 e. The van der Waals surface area contributed by atoms with Crippen LogP contribution in [0.25, 0.3) is 0 Å². The number of hydrogen-bond acceptors (Lipinski definition) is 5. The molecule has 2 aromatic rings. The van der Waals surface area contributed by atoms with Crippen molar-refractivity contribution in [2.24, 2.45) is 0 Å². The van der Waals surface area contributed by atoms with Crippen LogP contribution >= 0.6 is 0 Å². The predicted octanol–water partition coefficient (Wildman–Crippen LogP) is 4.31. The third-order valence-corrected chi connectivity index (χ3v) is 5.22. The molecule has 1 fully saturated rings. The number of nitrogens with one attached hydrogen (secondary N) is 1. The molecule has 3 rings (SSSR count). The topological polar surface area (TPSA) is 54.0 Å². The Kier molecular flexibility index (Phi) is 9.11. The van der Waals surface area contributed by atoms with E-state index in [1.165, 1.54) is 0 Å². The molecule has 0 aliphatic carbocycles. The average Bonchev–Trinajstić information content (AvgIpc) is 2.75. The van der Waals surface area contributed by atoms with Crippen LogP contribution in [0.3, 0.4) is 0 Å². The maximum atomic E-state index is 12.4. The van der Waals surface area contributed by atoms with Gasteiger partial charge >= 0.3 is 6.18 Å². The number of alkyl halides is 3. The maximum absolute atomic E-state index is 12.4. The molecule has 0 bridgehead atoms. The van der Waals surface area contributed by atoms with Crippen LogP contribution in [0, 0.1) is 6.92 Å². The first-order valence-corrected chi connectivity index (χ1v) is 11.0. The first-order chi connectivity index (χ1) is 15.8. The van der Waals surface area contributed by atoms with Crippen molar-refractivity contribution in [3.05, 3.63) is 54.1 Å². The Labute approximate surface area is 192 Å². The first-order valence-electron chi connectivity index (χ1n) is 11.0. The molecule has 0 atom stereocenters. The summed E-state index contributed by atoms with van der Waals surface area (Å²) in [6.45, 7) is 4.91. The summed E-state index contributed by atoms with van der Waals surface area (Å²) in [6.07, 6.45) is -3.72. The van der Waals surface area contributed by atoms with Gasteiger partial charge in [0.25, 0.3) is 0 Å². The fourth-order valence-corrected chi connectivity index (χ4v) is 3.57. The van der Waals surface area contributed by atoms with Crippen LogP contribution in [0.15, 0.2) is 48.5 Å². The van der Waals surface area contributed by atoms with E-state index in [1.807, 2.05) is 55.5 Å². The van der Waals surface area contributed by atoms with Crippen molar-refractivity contribution in [3.63, 3.8) is 0 Å². The van der Waals surface area contributed by atoms with Crippen molar-refractivity contribution in [2.45, 2.75) is 19.5 Å². The number of hydrogen-bond donors (Lipinski definition) is 1. The van der Waals surface area contributed by atoms with Crippen molar-refractivity contribution in [2.75, 3.05) is 57.8 Å². The van der Waals surface area contributed by atoms with E-state index < -0.39 is 12.8 Å². The fourth-order valence-electron chi connectivity index (χ4n) is 3.57. The zero-order valence-electron chi connectivity index (χ0n) is 18.7. The molecule has 1 saturated heterocycles. The molecule has 6 nitrogen and oxygen atoms in total. The Morgan fingerprint density at radius 2 is 1.70 bits per heavy atom. The summed E-state index contributed by atoms with van der Waals surface area (Å²) in [5.41, 5.74) is 1.82. The number of carbonyl (C=O) groups is 1. The average molecular weight is 466 g/mol. The number of carbonyl (C=O) groups excluding carboxylic acids is 1. The van der Waals surface area contributed by atoms with Crippen LogP contribution < -0.4 is 10.1 Å². The van der Waals surface area contributed by atoms with Gasteiger partial charge in [0.15, 0.2) is 0 Å². The second-order valence-corrected chi connectivity index (χ2v) is 8.13. The molecule has 9 heteroatoms. The molecule has 2 aromatic carbocycles. The van der Waals surface area contributed by atoms with Gasteiger partial charge in [-0.15, -0.1) is 0 Å². The first kappa shape index (κ1) is 25.0. The number of anilines is 1. The van der Waals surface area contributed by atoms with Crippen molar-refractivity contribution in [1.29, 1.82) is 0 Å². The summed E-state index contributed by atoms with van der Waals surface area (Å²) < 4.78 is 46.6. The van der Waals surface area contributed by atoms with E-state index in [0.29, 0.717) is 30.9 Å². The standard InChI is InChI=1S/C24H30F3N3O3/c1-19-4-2-5-22(16-19)33-21-8-6-20(7-9-21)28-23(31)17-30-13-11-29(12-14-30)10-3-15-32-18-24(25,26)27/h2,4-9,16H,3,10-15,17-18H2,1H3,(H,28,31). The highest BCUT2D eigenvalue weighted by atomic mass is 19.4. The minimum Gasteiger partial charge on any atom is -0.457 e.